The van der Waals surface area contributed by atoms with E-state index in [1.54, 1.807) is 17.9 Å². The molecule has 1 saturated heterocycles. The minimum Gasteiger partial charge on any atom is -0.370 e. The number of aromatic nitrogens is 2. The van der Waals surface area contributed by atoms with Crippen LogP contribution in [0.5, 0.6) is 0 Å². The van der Waals surface area contributed by atoms with Gasteiger partial charge in [0.05, 0.1) is 6.54 Å². The lowest BCUT2D eigenvalue weighted by molar-refractivity contribution is -0.132. The molecule has 114 valence electrons. The van der Waals surface area contributed by atoms with Crippen LogP contribution in [-0.2, 0) is 9.59 Å². The summed E-state index contributed by atoms with van der Waals surface area (Å²) in [5, 5.41) is 5.57. The number of nitrogens with zero attached hydrogens (tertiary/aromatic N) is 3. The predicted molar refractivity (Wildman–Crippen MR) is 80.1 cm³/mol. The molecule has 0 aliphatic carbocycles. The minimum atomic E-state index is -0.379. The summed E-state index contributed by atoms with van der Waals surface area (Å²) in [7, 11) is 0. The Hall–Kier alpha value is -2.18. The van der Waals surface area contributed by atoms with E-state index in [9.17, 15) is 9.59 Å². The Bertz CT molecular complexity index is 546. The van der Waals surface area contributed by atoms with Gasteiger partial charge >= 0.3 is 0 Å². The second-order valence-corrected chi connectivity index (χ2v) is 5.05. The zero-order chi connectivity index (χ0) is 15.4. The first-order valence-electron chi connectivity index (χ1n) is 7.25. The molecule has 2 rings (SSSR count). The van der Waals surface area contributed by atoms with Gasteiger partial charge in [0.15, 0.2) is 0 Å². The fourth-order valence-corrected chi connectivity index (χ4v) is 2.36. The van der Waals surface area contributed by atoms with Crippen LogP contribution in [0.4, 0.5) is 11.6 Å². The maximum absolute atomic E-state index is 11.9. The average Bonchev–Trinajstić information content (AvgIpc) is 2.43. The van der Waals surface area contributed by atoms with Gasteiger partial charge in [-0.1, -0.05) is 13.8 Å². The topological polar surface area (TPSA) is 87.2 Å². The van der Waals surface area contributed by atoms with E-state index in [2.05, 4.69) is 27.5 Å². The fraction of sp³-hybridized carbons (Fsp3) is 0.571. The first kappa shape index (κ1) is 15.2. The monoisotopic (exact) mass is 291 g/mol. The molecule has 0 radical (unpaired) electrons. The van der Waals surface area contributed by atoms with Gasteiger partial charge in [0.1, 0.15) is 23.5 Å². The number of imide groups is 1. The number of aryl methyl sites for hydroxylation is 1. The number of anilines is 2. The van der Waals surface area contributed by atoms with Crippen LogP contribution in [0.25, 0.3) is 0 Å². The average molecular weight is 291 g/mol. The van der Waals surface area contributed by atoms with E-state index < -0.39 is 0 Å². The molecule has 0 bridgehead atoms. The van der Waals surface area contributed by atoms with Crippen molar-refractivity contribution in [1.29, 1.82) is 0 Å². The number of piperazine rings is 1. The first-order valence-corrected chi connectivity index (χ1v) is 7.25. The van der Waals surface area contributed by atoms with E-state index in [0.29, 0.717) is 23.9 Å². The van der Waals surface area contributed by atoms with E-state index in [0.717, 1.165) is 13.0 Å². The third kappa shape index (κ3) is 3.48. The van der Waals surface area contributed by atoms with Crippen LogP contribution in [-0.4, -0.2) is 40.9 Å². The van der Waals surface area contributed by atoms with Crippen molar-refractivity contribution in [2.24, 2.45) is 0 Å². The van der Waals surface area contributed by atoms with Crippen LogP contribution < -0.4 is 15.5 Å². The normalized spacial score (nSPS) is 18.6. The molecule has 7 nitrogen and oxygen atoms in total. The third-order valence-electron chi connectivity index (χ3n) is 3.32. The zero-order valence-electron chi connectivity index (χ0n) is 12.6. The number of amides is 2. The molecule has 2 N–H and O–H groups in total. The number of nitrogens with one attached hydrogen (secondary N) is 2. The van der Waals surface area contributed by atoms with Gasteiger partial charge in [0, 0.05) is 12.6 Å². The van der Waals surface area contributed by atoms with Crippen LogP contribution in [0.3, 0.4) is 0 Å². The molecule has 1 aliphatic rings. The van der Waals surface area contributed by atoms with E-state index >= 15 is 0 Å². The largest absolute Gasteiger partial charge is 0.370 e. The quantitative estimate of drug-likeness (QED) is 0.782. The number of rotatable bonds is 5. The van der Waals surface area contributed by atoms with Gasteiger partial charge in [-0.15, -0.1) is 0 Å². The van der Waals surface area contributed by atoms with Gasteiger partial charge in [-0.3, -0.25) is 14.9 Å². The first-order chi connectivity index (χ1) is 10.0. The highest BCUT2D eigenvalue weighted by Gasteiger charge is 2.33. The molecule has 1 unspecified atom stereocenters. The van der Waals surface area contributed by atoms with E-state index in [1.165, 1.54) is 0 Å². The molecule has 21 heavy (non-hydrogen) atoms. The minimum absolute atomic E-state index is 0.133. The van der Waals surface area contributed by atoms with E-state index in [-0.39, 0.29) is 24.4 Å². The highest BCUT2D eigenvalue weighted by atomic mass is 16.2. The SMILES string of the molecule is CCCNc1cc(N2CC(=O)NC(=O)C2CC)nc(C)n1. The molecule has 2 amide bonds. The lowest BCUT2D eigenvalue weighted by Crippen LogP contribution is -2.58. The van der Waals surface area contributed by atoms with Crippen molar-refractivity contribution in [3.05, 3.63) is 11.9 Å². The Morgan fingerprint density at radius 3 is 2.81 bits per heavy atom. The Balaban J connectivity index is 2.31. The van der Waals surface area contributed by atoms with Crippen LogP contribution in [0.15, 0.2) is 6.07 Å². The maximum atomic E-state index is 11.9. The van der Waals surface area contributed by atoms with Gasteiger partial charge in [-0.05, 0) is 19.8 Å². The molecule has 0 spiro atoms. The summed E-state index contributed by atoms with van der Waals surface area (Å²) in [5.74, 6) is 1.36. The number of carbonyl (C=O) groups excluding carboxylic acids is 2. The molecule has 0 saturated carbocycles. The van der Waals surface area contributed by atoms with Gasteiger partial charge in [-0.2, -0.15) is 0 Å². The molecular weight excluding hydrogens is 270 g/mol. The molecule has 0 aromatic carbocycles. The highest BCUT2D eigenvalue weighted by Crippen LogP contribution is 2.21. The van der Waals surface area contributed by atoms with Crippen molar-refractivity contribution >= 4 is 23.5 Å². The number of hydrogen-bond donors (Lipinski definition) is 2. The fourth-order valence-electron chi connectivity index (χ4n) is 2.36. The Morgan fingerprint density at radius 2 is 2.14 bits per heavy atom. The van der Waals surface area contributed by atoms with Crippen molar-refractivity contribution in [2.45, 2.75) is 39.7 Å². The molecule has 1 fully saturated rings. The Kier molecular flexibility index (Phi) is 4.72. The summed E-state index contributed by atoms with van der Waals surface area (Å²) in [6.07, 6.45) is 1.60. The molecule has 1 aliphatic heterocycles. The number of hydrogen-bond acceptors (Lipinski definition) is 6. The van der Waals surface area contributed by atoms with Crippen molar-refractivity contribution in [3.63, 3.8) is 0 Å². The van der Waals surface area contributed by atoms with Crippen molar-refractivity contribution in [3.8, 4) is 0 Å². The van der Waals surface area contributed by atoms with Crippen LogP contribution >= 0.6 is 0 Å². The lowest BCUT2D eigenvalue weighted by atomic mass is 10.1. The summed E-state index contributed by atoms with van der Waals surface area (Å²) in [6.45, 7) is 6.73. The standard InChI is InChI=1S/C14H21N5O2/c1-4-6-15-11-7-12(17-9(3)16-11)19-8-13(20)18-14(21)10(19)5-2/h7,10H,4-6,8H2,1-3H3,(H,15,16,17)(H,18,20,21). The van der Waals surface area contributed by atoms with Crippen molar-refractivity contribution in [2.75, 3.05) is 23.3 Å². The van der Waals surface area contributed by atoms with Crippen molar-refractivity contribution < 1.29 is 9.59 Å². The Morgan fingerprint density at radius 1 is 1.38 bits per heavy atom. The summed E-state index contributed by atoms with van der Waals surface area (Å²) in [4.78, 5) is 34.0. The van der Waals surface area contributed by atoms with Crippen LogP contribution in [0, 0.1) is 6.92 Å². The van der Waals surface area contributed by atoms with Gasteiger partial charge in [0.2, 0.25) is 11.8 Å². The summed E-state index contributed by atoms with van der Waals surface area (Å²) in [6, 6.07) is 1.41. The van der Waals surface area contributed by atoms with Crippen LogP contribution in [0.1, 0.15) is 32.5 Å². The van der Waals surface area contributed by atoms with Gasteiger partial charge in [0.25, 0.3) is 0 Å². The molecule has 1 aromatic heterocycles. The zero-order valence-corrected chi connectivity index (χ0v) is 12.6. The number of carbonyl (C=O) groups is 2. The summed E-state index contributed by atoms with van der Waals surface area (Å²) >= 11 is 0. The second kappa shape index (κ2) is 6.51. The molecular formula is C14H21N5O2. The van der Waals surface area contributed by atoms with Gasteiger partial charge < -0.3 is 10.2 Å². The second-order valence-electron chi connectivity index (χ2n) is 5.05. The predicted octanol–water partition coefficient (Wildman–Crippen LogP) is 0.848. The van der Waals surface area contributed by atoms with E-state index in [4.69, 9.17) is 0 Å². The lowest BCUT2D eigenvalue weighted by Gasteiger charge is -2.34. The molecule has 2 heterocycles. The van der Waals surface area contributed by atoms with Gasteiger partial charge in [-0.25, -0.2) is 9.97 Å². The molecule has 7 heteroatoms. The van der Waals surface area contributed by atoms with Crippen molar-refractivity contribution in [1.82, 2.24) is 15.3 Å². The molecule has 1 atom stereocenters. The summed E-state index contributed by atoms with van der Waals surface area (Å²) in [5.41, 5.74) is 0. The van der Waals surface area contributed by atoms with E-state index in [1.807, 2.05) is 6.92 Å². The highest BCUT2D eigenvalue weighted by molar-refractivity contribution is 6.04. The maximum Gasteiger partial charge on any atom is 0.249 e. The molecule has 1 aromatic rings. The summed E-state index contributed by atoms with van der Waals surface area (Å²) < 4.78 is 0. The Labute approximate surface area is 124 Å². The third-order valence-corrected chi connectivity index (χ3v) is 3.32. The smallest absolute Gasteiger partial charge is 0.249 e. The van der Waals surface area contributed by atoms with Crippen LogP contribution in [0.2, 0.25) is 0 Å².